The van der Waals surface area contributed by atoms with Gasteiger partial charge >= 0.3 is 12.3 Å². The lowest BCUT2D eigenvalue weighted by atomic mass is 9.97. The number of rotatable bonds is 3. The van der Waals surface area contributed by atoms with Crippen molar-refractivity contribution in [1.29, 1.82) is 0 Å². The first kappa shape index (κ1) is 23.7. The van der Waals surface area contributed by atoms with E-state index in [0.717, 1.165) is 28.2 Å². The van der Waals surface area contributed by atoms with Gasteiger partial charge in [-0.1, -0.05) is 24.3 Å². The summed E-state index contributed by atoms with van der Waals surface area (Å²) < 4.78 is 44.9. The lowest BCUT2D eigenvalue weighted by molar-refractivity contribution is -0.137. The van der Waals surface area contributed by atoms with Gasteiger partial charge in [0.25, 0.3) is 11.8 Å². The summed E-state index contributed by atoms with van der Waals surface area (Å²) in [6.45, 7) is 3.25. The Bertz CT molecular complexity index is 1350. The van der Waals surface area contributed by atoms with E-state index >= 15 is 0 Å². The third kappa shape index (κ3) is 3.55. The summed E-state index contributed by atoms with van der Waals surface area (Å²) in [6.07, 6.45) is -5.25. The largest absolute Gasteiger partial charge is 0.473 e. The maximum absolute atomic E-state index is 13.1. The summed E-state index contributed by atoms with van der Waals surface area (Å²) in [7, 11) is 0. The molecule has 1 saturated heterocycles. The van der Waals surface area contributed by atoms with E-state index < -0.39 is 47.8 Å². The normalized spacial score (nSPS) is 24.6. The van der Waals surface area contributed by atoms with Gasteiger partial charge in [-0.25, -0.2) is 9.69 Å². The van der Waals surface area contributed by atoms with Crippen molar-refractivity contribution < 1.29 is 37.4 Å². The van der Waals surface area contributed by atoms with Crippen LogP contribution in [0, 0.1) is 5.92 Å². The summed E-state index contributed by atoms with van der Waals surface area (Å²) in [5.41, 5.74) is 2.11. The fraction of sp³-hybridized carbons (Fsp3) is 0.269. The molecule has 2 aromatic carbocycles. The minimum Gasteiger partial charge on any atom is -0.473 e. The van der Waals surface area contributed by atoms with Crippen LogP contribution in [0.15, 0.2) is 71.5 Å². The highest BCUT2D eigenvalue weighted by Crippen LogP contribution is 2.49. The van der Waals surface area contributed by atoms with Gasteiger partial charge in [-0.3, -0.25) is 14.5 Å². The molecule has 0 saturated carbocycles. The van der Waals surface area contributed by atoms with Crippen LogP contribution in [0.2, 0.25) is 0 Å². The van der Waals surface area contributed by atoms with Crippen LogP contribution in [-0.4, -0.2) is 34.1 Å². The van der Waals surface area contributed by atoms with Crippen molar-refractivity contribution in [2.45, 2.75) is 38.7 Å². The molecule has 1 N–H and O–H groups in total. The number of carbonyl (C=O) groups is 3. The van der Waals surface area contributed by atoms with Gasteiger partial charge in [0, 0.05) is 17.2 Å². The van der Waals surface area contributed by atoms with Crippen LogP contribution in [0.1, 0.15) is 36.6 Å². The van der Waals surface area contributed by atoms with Crippen molar-refractivity contribution in [3.05, 3.63) is 88.2 Å². The summed E-state index contributed by atoms with van der Waals surface area (Å²) in [5, 5.41) is 9.73. The van der Waals surface area contributed by atoms with Crippen LogP contribution in [0.4, 0.5) is 23.7 Å². The highest BCUT2D eigenvalue weighted by atomic mass is 19.4. The minimum atomic E-state index is -4.52. The zero-order valence-corrected chi connectivity index (χ0v) is 19.2. The van der Waals surface area contributed by atoms with E-state index in [9.17, 15) is 32.7 Å². The SMILES string of the molecule is CC1=C(C)C(OC=C2C(=O)N(C(=O)O)C3c4ccccc4CC23)N(c2ccc(C(F)(F)F)cc2)C1=O. The molecule has 0 radical (unpaired) electrons. The summed E-state index contributed by atoms with van der Waals surface area (Å²) in [4.78, 5) is 40.0. The molecule has 3 amide bonds. The number of carbonyl (C=O) groups excluding carboxylic acids is 2. The number of halogens is 3. The third-order valence-electron chi connectivity index (χ3n) is 7.08. The molecule has 0 bridgehead atoms. The average molecular weight is 498 g/mol. The number of hydrogen-bond donors (Lipinski definition) is 1. The molecule has 1 fully saturated rings. The van der Waals surface area contributed by atoms with E-state index in [2.05, 4.69) is 0 Å². The smallest absolute Gasteiger partial charge is 0.416 e. The second kappa shape index (κ2) is 8.25. The Morgan fingerprint density at radius 3 is 2.36 bits per heavy atom. The Morgan fingerprint density at radius 1 is 1.06 bits per heavy atom. The molecule has 7 nitrogen and oxygen atoms in total. The van der Waals surface area contributed by atoms with Crippen molar-refractivity contribution in [2.75, 3.05) is 4.90 Å². The number of likely N-dealkylation sites (tertiary alicyclic amines) is 1. The number of benzene rings is 2. The molecule has 0 spiro atoms. The first-order valence-corrected chi connectivity index (χ1v) is 11.2. The van der Waals surface area contributed by atoms with Crippen molar-refractivity contribution in [3.63, 3.8) is 0 Å². The van der Waals surface area contributed by atoms with Gasteiger partial charge in [0.1, 0.15) is 0 Å². The van der Waals surface area contributed by atoms with Gasteiger partial charge in [0.15, 0.2) is 0 Å². The van der Waals surface area contributed by atoms with E-state index in [0.29, 0.717) is 17.6 Å². The van der Waals surface area contributed by atoms with Crippen molar-refractivity contribution in [3.8, 4) is 0 Å². The van der Waals surface area contributed by atoms with E-state index in [1.165, 1.54) is 23.3 Å². The second-order valence-electron chi connectivity index (χ2n) is 9.00. The zero-order valence-electron chi connectivity index (χ0n) is 19.2. The van der Waals surface area contributed by atoms with Crippen molar-refractivity contribution in [2.24, 2.45) is 5.92 Å². The van der Waals surface area contributed by atoms with Gasteiger partial charge < -0.3 is 9.84 Å². The van der Waals surface area contributed by atoms with E-state index in [4.69, 9.17) is 4.74 Å². The monoisotopic (exact) mass is 498 g/mol. The lowest BCUT2D eigenvalue weighted by Gasteiger charge is -2.26. The highest BCUT2D eigenvalue weighted by Gasteiger charge is 2.52. The van der Waals surface area contributed by atoms with Gasteiger partial charge in [0.2, 0.25) is 6.23 Å². The molecule has 3 unspecified atom stereocenters. The van der Waals surface area contributed by atoms with Gasteiger partial charge in [-0.2, -0.15) is 13.2 Å². The van der Waals surface area contributed by atoms with Crippen molar-refractivity contribution >= 4 is 23.6 Å². The van der Waals surface area contributed by atoms with E-state index in [1.54, 1.807) is 26.0 Å². The van der Waals surface area contributed by atoms with Gasteiger partial charge in [-0.15, -0.1) is 0 Å². The van der Waals surface area contributed by atoms with Crippen LogP contribution in [0.5, 0.6) is 0 Å². The number of fused-ring (bicyclic) bond motifs is 3. The molecule has 3 atom stereocenters. The van der Waals surface area contributed by atoms with Crippen molar-refractivity contribution in [1.82, 2.24) is 4.90 Å². The predicted octanol–water partition coefficient (Wildman–Crippen LogP) is 5.05. The van der Waals surface area contributed by atoms with Gasteiger partial charge in [-0.05, 0) is 61.2 Å². The highest BCUT2D eigenvalue weighted by molar-refractivity contribution is 6.09. The fourth-order valence-electron chi connectivity index (χ4n) is 5.14. The molecule has 2 aromatic rings. The quantitative estimate of drug-likeness (QED) is 0.473. The van der Waals surface area contributed by atoms with Crippen LogP contribution < -0.4 is 4.90 Å². The molecule has 5 rings (SSSR count). The predicted molar refractivity (Wildman–Crippen MR) is 122 cm³/mol. The lowest BCUT2D eigenvalue weighted by Crippen LogP contribution is -2.36. The Labute approximate surface area is 204 Å². The zero-order chi connectivity index (χ0) is 25.9. The minimum absolute atomic E-state index is 0.163. The third-order valence-corrected chi connectivity index (χ3v) is 7.08. The molecule has 1 aliphatic carbocycles. The van der Waals surface area contributed by atoms with Gasteiger partial charge in [0.05, 0.1) is 23.4 Å². The number of carboxylic acid groups (broad SMARTS) is 1. The van der Waals surface area contributed by atoms with Crippen LogP contribution in [0.25, 0.3) is 0 Å². The fourth-order valence-corrected chi connectivity index (χ4v) is 5.14. The Hall–Kier alpha value is -4.08. The summed E-state index contributed by atoms with van der Waals surface area (Å²) in [6, 6.07) is 10.8. The maximum atomic E-state index is 13.1. The van der Waals surface area contributed by atoms with Crippen LogP contribution in [-0.2, 0) is 26.9 Å². The van der Waals surface area contributed by atoms with Crippen LogP contribution >= 0.6 is 0 Å². The first-order valence-electron chi connectivity index (χ1n) is 11.2. The Morgan fingerprint density at radius 2 is 1.72 bits per heavy atom. The molecule has 0 aromatic heterocycles. The van der Waals surface area contributed by atoms with E-state index in [1.807, 2.05) is 12.1 Å². The average Bonchev–Trinajstić information content (AvgIpc) is 3.40. The standard InChI is InChI=1S/C26H21F3N2O5/c1-13-14(2)24(30(22(13)32)17-9-7-16(8-10-17)26(27,28)29)36-12-20-19-11-15-5-3-4-6-18(15)21(19)31(23(20)33)25(34)35/h3-10,12,19,21,24H,11H2,1-2H3,(H,34,35). The number of alkyl halides is 3. The number of hydrogen-bond acceptors (Lipinski definition) is 4. The summed E-state index contributed by atoms with van der Waals surface area (Å²) >= 11 is 0. The Balaban J connectivity index is 1.48. The number of nitrogens with zero attached hydrogens (tertiary/aromatic N) is 2. The second-order valence-corrected chi connectivity index (χ2v) is 9.00. The topological polar surface area (TPSA) is 87.2 Å². The number of imide groups is 1. The molecule has 36 heavy (non-hydrogen) atoms. The maximum Gasteiger partial charge on any atom is 0.416 e. The number of amides is 3. The Kier molecular flexibility index (Phi) is 5.42. The molecule has 186 valence electrons. The molecule has 2 heterocycles. The molecule has 10 heteroatoms. The van der Waals surface area contributed by atoms with E-state index in [-0.39, 0.29) is 11.3 Å². The number of anilines is 1. The summed E-state index contributed by atoms with van der Waals surface area (Å²) in [5.74, 6) is -1.59. The molecule has 2 aliphatic heterocycles. The first-order chi connectivity index (χ1) is 17.0. The molecular weight excluding hydrogens is 477 g/mol. The van der Waals surface area contributed by atoms with Crippen LogP contribution in [0.3, 0.4) is 0 Å². The number of ether oxygens (including phenoxy) is 1. The molecular formula is C26H21F3N2O5. The molecule has 3 aliphatic rings.